The second kappa shape index (κ2) is 7.55. The SMILES string of the molecule is COC(=O)CN1C(=O)[C@@H](NC(=O)OC(C)(C)C)CCc2ccccc21. The summed E-state index contributed by atoms with van der Waals surface area (Å²) in [7, 11) is 1.27. The first kappa shape index (κ1) is 18.8. The lowest BCUT2D eigenvalue weighted by Crippen LogP contribution is -2.50. The van der Waals surface area contributed by atoms with Gasteiger partial charge in [0.2, 0.25) is 5.91 Å². The predicted octanol–water partition coefficient (Wildman–Crippen LogP) is 2.03. The maximum atomic E-state index is 12.9. The topological polar surface area (TPSA) is 84.9 Å². The van der Waals surface area contributed by atoms with E-state index in [-0.39, 0.29) is 12.5 Å². The highest BCUT2D eigenvalue weighted by molar-refractivity contribution is 6.03. The van der Waals surface area contributed by atoms with Gasteiger partial charge in [0.25, 0.3) is 0 Å². The fraction of sp³-hybridized carbons (Fsp3) is 0.500. The third kappa shape index (κ3) is 4.95. The molecule has 0 unspecified atom stereocenters. The van der Waals surface area contributed by atoms with E-state index < -0.39 is 23.7 Å². The Kier molecular flexibility index (Phi) is 5.66. The summed E-state index contributed by atoms with van der Waals surface area (Å²) in [6, 6.07) is 6.60. The Balaban J connectivity index is 2.24. The Hall–Kier alpha value is -2.57. The van der Waals surface area contributed by atoms with Crippen molar-refractivity contribution in [1.82, 2.24) is 5.32 Å². The summed E-state index contributed by atoms with van der Waals surface area (Å²) in [5.41, 5.74) is 0.937. The normalized spacial score (nSPS) is 17.4. The van der Waals surface area contributed by atoms with E-state index in [1.807, 2.05) is 12.1 Å². The summed E-state index contributed by atoms with van der Waals surface area (Å²) in [6.45, 7) is 5.04. The van der Waals surface area contributed by atoms with Crippen molar-refractivity contribution in [2.24, 2.45) is 0 Å². The number of methoxy groups -OCH3 is 1. The summed E-state index contributed by atoms with van der Waals surface area (Å²) in [5.74, 6) is -0.887. The lowest BCUT2D eigenvalue weighted by Gasteiger charge is -2.26. The summed E-state index contributed by atoms with van der Waals surface area (Å²) < 4.78 is 9.93. The van der Waals surface area contributed by atoms with Crippen molar-refractivity contribution in [2.75, 3.05) is 18.6 Å². The van der Waals surface area contributed by atoms with Crippen LogP contribution in [0.4, 0.5) is 10.5 Å². The van der Waals surface area contributed by atoms with Gasteiger partial charge in [0.1, 0.15) is 18.2 Å². The molecule has 1 N–H and O–H groups in total. The molecule has 1 aliphatic heterocycles. The zero-order valence-electron chi connectivity index (χ0n) is 15.0. The van der Waals surface area contributed by atoms with Gasteiger partial charge in [0, 0.05) is 5.69 Å². The third-order valence-electron chi connectivity index (χ3n) is 3.75. The molecule has 0 saturated heterocycles. The number of nitrogens with zero attached hydrogens (tertiary/aromatic N) is 1. The van der Waals surface area contributed by atoms with E-state index in [2.05, 4.69) is 5.32 Å². The van der Waals surface area contributed by atoms with Gasteiger partial charge in [-0.3, -0.25) is 14.5 Å². The average molecular weight is 348 g/mol. The number of carbonyl (C=O) groups excluding carboxylic acids is 3. The zero-order valence-corrected chi connectivity index (χ0v) is 15.0. The first-order valence-electron chi connectivity index (χ1n) is 8.17. The number of hydrogen-bond donors (Lipinski definition) is 1. The minimum Gasteiger partial charge on any atom is -0.468 e. The molecule has 2 rings (SSSR count). The van der Waals surface area contributed by atoms with Crippen molar-refractivity contribution >= 4 is 23.7 Å². The number of alkyl carbamates (subject to hydrolysis) is 1. The van der Waals surface area contributed by atoms with Crippen LogP contribution in [-0.4, -0.2) is 43.3 Å². The monoisotopic (exact) mass is 348 g/mol. The van der Waals surface area contributed by atoms with Crippen LogP contribution in [0.25, 0.3) is 0 Å². The molecule has 2 amide bonds. The Morgan fingerprint density at radius 2 is 1.96 bits per heavy atom. The van der Waals surface area contributed by atoms with Crippen LogP contribution in [0.5, 0.6) is 0 Å². The molecular weight excluding hydrogens is 324 g/mol. The van der Waals surface area contributed by atoms with Gasteiger partial charge in [0.15, 0.2) is 0 Å². The lowest BCUT2D eigenvalue weighted by molar-refractivity contribution is -0.140. The largest absolute Gasteiger partial charge is 0.468 e. The second-order valence-electron chi connectivity index (χ2n) is 6.87. The molecule has 1 heterocycles. The van der Waals surface area contributed by atoms with Crippen LogP contribution < -0.4 is 10.2 Å². The number of para-hydroxylation sites is 1. The molecule has 0 aromatic heterocycles. The fourth-order valence-electron chi connectivity index (χ4n) is 2.66. The van der Waals surface area contributed by atoms with Crippen LogP contribution in [0, 0.1) is 0 Å². The minimum atomic E-state index is -0.771. The van der Waals surface area contributed by atoms with Gasteiger partial charge in [-0.25, -0.2) is 4.79 Å². The molecule has 1 aliphatic rings. The lowest BCUT2D eigenvalue weighted by atomic mass is 10.1. The van der Waals surface area contributed by atoms with E-state index in [0.29, 0.717) is 18.5 Å². The molecule has 1 atom stereocenters. The smallest absolute Gasteiger partial charge is 0.408 e. The molecule has 0 bridgehead atoms. The van der Waals surface area contributed by atoms with E-state index in [9.17, 15) is 14.4 Å². The van der Waals surface area contributed by atoms with Crippen molar-refractivity contribution in [1.29, 1.82) is 0 Å². The highest BCUT2D eigenvalue weighted by atomic mass is 16.6. The molecule has 0 radical (unpaired) electrons. The number of ether oxygens (including phenoxy) is 2. The van der Waals surface area contributed by atoms with Crippen molar-refractivity contribution in [3.8, 4) is 0 Å². The molecule has 136 valence electrons. The first-order chi connectivity index (χ1) is 11.7. The molecule has 7 heteroatoms. The van der Waals surface area contributed by atoms with E-state index in [1.54, 1.807) is 32.9 Å². The van der Waals surface area contributed by atoms with Crippen LogP contribution in [0.15, 0.2) is 24.3 Å². The van der Waals surface area contributed by atoms with Gasteiger partial charge in [0.05, 0.1) is 7.11 Å². The molecular formula is C18H24N2O5. The summed E-state index contributed by atoms with van der Waals surface area (Å²) in [4.78, 5) is 38.0. The van der Waals surface area contributed by atoms with Crippen molar-refractivity contribution < 1.29 is 23.9 Å². The molecule has 25 heavy (non-hydrogen) atoms. The molecule has 0 fully saturated rings. The maximum absolute atomic E-state index is 12.9. The molecule has 1 aromatic rings. The van der Waals surface area contributed by atoms with E-state index >= 15 is 0 Å². The predicted molar refractivity (Wildman–Crippen MR) is 92.3 cm³/mol. The van der Waals surface area contributed by atoms with Crippen LogP contribution in [0.2, 0.25) is 0 Å². The van der Waals surface area contributed by atoms with Gasteiger partial charge in [-0.1, -0.05) is 18.2 Å². The van der Waals surface area contributed by atoms with Crippen LogP contribution in [0.1, 0.15) is 32.8 Å². The van der Waals surface area contributed by atoms with Gasteiger partial charge in [-0.2, -0.15) is 0 Å². The number of carbonyl (C=O) groups is 3. The van der Waals surface area contributed by atoms with Gasteiger partial charge in [-0.05, 0) is 45.2 Å². The number of rotatable bonds is 3. The third-order valence-corrected chi connectivity index (χ3v) is 3.75. The summed E-state index contributed by atoms with van der Waals surface area (Å²) in [5, 5.41) is 2.62. The van der Waals surface area contributed by atoms with Crippen LogP contribution in [-0.2, 0) is 25.5 Å². The number of aryl methyl sites for hydroxylation is 1. The molecule has 1 aromatic carbocycles. The average Bonchev–Trinajstić information content (AvgIpc) is 2.65. The van der Waals surface area contributed by atoms with E-state index in [1.165, 1.54) is 12.0 Å². The number of esters is 1. The minimum absolute atomic E-state index is 0.209. The molecule has 7 nitrogen and oxygen atoms in total. The Bertz CT molecular complexity index is 666. The molecule has 0 spiro atoms. The number of amides is 2. The highest BCUT2D eigenvalue weighted by Gasteiger charge is 2.33. The summed E-state index contributed by atoms with van der Waals surface area (Å²) >= 11 is 0. The molecule has 0 aliphatic carbocycles. The summed E-state index contributed by atoms with van der Waals surface area (Å²) in [6.07, 6.45) is 0.363. The van der Waals surface area contributed by atoms with Crippen molar-refractivity contribution in [3.05, 3.63) is 29.8 Å². The standard InChI is InChI=1S/C18H24N2O5/c1-18(2,3)25-17(23)19-13-10-9-12-7-5-6-8-14(12)20(16(13)22)11-15(21)24-4/h5-8,13H,9-11H2,1-4H3,(H,19,23)/t13-/m0/s1. The zero-order chi connectivity index (χ0) is 18.6. The Morgan fingerprint density at radius 3 is 2.60 bits per heavy atom. The number of hydrogen-bond acceptors (Lipinski definition) is 5. The van der Waals surface area contributed by atoms with E-state index in [0.717, 1.165) is 5.56 Å². The highest BCUT2D eigenvalue weighted by Crippen LogP contribution is 2.27. The van der Waals surface area contributed by atoms with Gasteiger partial charge in [-0.15, -0.1) is 0 Å². The van der Waals surface area contributed by atoms with Crippen LogP contribution >= 0.6 is 0 Å². The Labute approximate surface area is 147 Å². The number of anilines is 1. The van der Waals surface area contributed by atoms with Crippen LogP contribution in [0.3, 0.4) is 0 Å². The number of nitrogens with one attached hydrogen (secondary N) is 1. The number of fused-ring (bicyclic) bond motifs is 1. The second-order valence-corrected chi connectivity index (χ2v) is 6.87. The fourth-order valence-corrected chi connectivity index (χ4v) is 2.66. The molecule has 0 saturated carbocycles. The van der Waals surface area contributed by atoms with Crippen molar-refractivity contribution in [3.63, 3.8) is 0 Å². The van der Waals surface area contributed by atoms with Crippen molar-refractivity contribution in [2.45, 2.75) is 45.3 Å². The van der Waals surface area contributed by atoms with Gasteiger partial charge < -0.3 is 14.8 Å². The van der Waals surface area contributed by atoms with Gasteiger partial charge >= 0.3 is 12.1 Å². The maximum Gasteiger partial charge on any atom is 0.408 e. The van der Waals surface area contributed by atoms with E-state index in [4.69, 9.17) is 9.47 Å². The Morgan fingerprint density at radius 1 is 1.28 bits per heavy atom. The number of benzene rings is 1. The first-order valence-corrected chi connectivity index (χ1v) is 8.17. The quantitative estimate of drug-likeness (QED) is 0.845.